The van der Waals surface area contributed by atoms with E-state index in [4.69, 9.17) is 9.47 Å². The van der Waals surface area contributed by atoms with E-state index >= 15 is 0 Å². The Morgan fingerprint density at radius 3 is 2.38 bits per heavy atom. The van der Waals surface area contributed by atoms with Crippen LogP contribution in [0.15, 0.2) is 82.8 Å². The van der Waals surface area contributed by atoms with Crippen molar-refractivity contribution in [2.24, 2.45) is 5.10 Å². The van der Waals surface area contributed by atoms with Crippen molar-refractivity contribution in [2.45, 2.75) is 18.7 Å². The molecule has 1 fully saturated rings. The maximum absolute atomic E-state index is 13.5. The molecule has 0 aliphatic carbocycles. The molecule has 3 aromatic carbocycles. The second-order valence-electron chi connectivity index (χ2n) is 9.31. The number of nitrogens with one attached hydrogen (secondary N) is 1. The van der Waals surface area contributed by atoms with E-state index in [-0.39, 0.29) is 17.4 Å². The number of sulfonamides is 1. The zero-order chi connectivity index (χ0) is 28.5. The van der Waals surface area contributed by atoms with E-state index in [0.717, 1.165) is 15.4 Å². The molecule has 1 aliphatic rings. The number of benzene rings is 3. The first-order valence-corrected chi connectivity index (χ1v) is 14.2. The average Bonchev–Trinajstić information content (AvgIpc) is 2.96. The highest BCUT2D eigenvalue weighted by Gasteiger charge is 2.27. The lowest BCUT2D eigenvalue weighted by Gasteiger charge is -2.26. The van der Waals surface area contributed by atoms with Crippen LogP contribution in [0.2, 0.25) is 0 Å². The van der Waals surface area contributed by atoms with Gasteiger partial charge in [-0.1, -0.05) is 29.8 Å². The first-order chi connectivity index (χ1) is 19.2. The van der Waals surface area contributed by atoms with E-state index in [1.165, 1.54) is 18.3 Å². The molecule has 1 saturated heterocycles. The third-order valence-corrected chi connectivity index (χ3v) is 7.98. The molecule has 0 radical (unpaired) electrons. The molecule has 0 saturated carbocycles. The normalized spacial score (nSPS) is 13.7. The fourth-order valence-electron chi connectivity index (χ4n) is 3.98. The standard InChI is InChI=1S/C29H32N4O6S/c1-22-6-12-27(13-7-22)40(36,37)33(25-5-3-4-23(2)18-25)20-28(34)31-30-19-24-8-10-26(11-9-24)39-21-29(35)32-14-16-38-17-15-32/h3-13,18-19H,14-17,20-21H2,1-2H3,(H,31,34)/b30-19-. The second-order valence-corrected chi connectivity index (χ2v) is 11.2. The molecule has 1 aliphatic heterocycles. The number of amides is 2. The Hall–Kier alpha value is -4.22. The van der Waals surface area contributed by atoms with Crippen LogP contribution < -0.4 is 14.5 Å². The van der Waals surface area contributed by atoms with Gasteiger partial charge in [0.25, 0.3) is 21.8 Å². The molecule has 0 atom stereocenters. The van der Waals surface area contributed by atoms with E-state index in [1.807, 2.05) is 19.9 Å². The van der Waals surface area contributed by atoms with Gasteiger partial charge in [-0.2, -0.15) is 5.10 Å². The van der Waals surface area contributed by atoms with Gasteiger partial charge in [0.05, 0.1) is 30.0 Å². The van der Waals surface area contributed by atoms with Crippen LogP contribution in [0.3, 0.4) is 0 Å². The van der Waals surface area contributed by atoms with Crippen molar-refractivity contribution in [3.05, 3.63) is 89.5 Å². The van der Waals surface area contributed by atoms with E-state index in [9.17, 15) is 18.0 Å². The largest absolute Gasteiger partial charge is 0.484 e. The lowest BCUT2D eigenvalue weighted by atomic mass is 10.2. The number of rotatable bonds is 10. The summed E-state index contributed by atoms with van der Waals surface area (Å²) in [4.78, 5) is 26.8. The lowest BCUT2D eigenvalue weighted by Crippen LogP contribution is -2.42. The maximum atomic E-state index is 13.5. The summed E-state index contributed by atoms with van der Waals surface area (Å²) in [6.07, 6.45) is 1.44. The first kappa shape index (κ1) is 28.8. The summed E-state index contributed by atoms with van der Waals surface area (Å²) < 4.78 is 38.8. The van der Waals surface area contributed by atoms with Gasteiger partial charge in [-0.25, -0.2) is 13.8 Å². The monoisotopic (exact) mass is 564 g/mol. The summed E-state index contributed by atoms with van der Waals surface area (Å²) in [5.74, 6) is -0.173. The summed E-state index contributed by atoms with van der Waals surface area (Å²) in [7, 11) is -4.01. The Morgan fingerprint density at radius 1 is 1.00 bits per heavy atom. The fourth-order valence-corrected chi connectivity index (χ4v) is 5.39. The van der Waals surface area contributed by atoms with Crippen molar-refractivity contribution in [1.29, 1.82) is 0 Å². The lowest BCUT2D eigenvalue weighted by molar-refractivity contribution is -0.137. The third kappa shape index (κ3) is 7.67. The van der Waals surface area contributed by atoms with Crippen molar-refractivity contribution in [1.82, 2.24) is 10.3 Å². The number of morpholine rings is 1. The van der Waals surface area contributed by atoms with Crippen molar-refractivity contribution in [2.75, 3.05) is 43.8 Å². The van der Waals surface area contributed by atoms with Crippen molar-refractivity contribution >= 4 is 33.7 Å². The number of nitrogens with zero attached hydrogens (tertiary/aromatic N) is 3. The minimum Gasteiger partial charge on any atom is -0.484 e. The molecule has 210 valence electrons. The second kappa shape index (κ2) is 13.2. The number of aryl methyl sites for hydroxylation is 2. The summed E-state index contributed by atoms with van der Waals surface area (Å²) in [5, 5.41) is 3.98. The van der Waals surface area contributed by atoms with Crippen LogP contribution in [0.4, 0.5) is 5.69 Å². The van der Waals surface area contributed by atoms with Crippen LogP contribution in [-0.4, -0.2) is 70.8 Å². The number of carbonyl (C=O) groups is 2. The van der Waals surface area contributed by atoms with Crippen molar-refractivity contribution in [3.63, 3.8) is 0 Å². The predicted octanol–water partition coefficient (Wildman–Crippen LogP) is 2.89. The Kier molecular flexibility index (Phi) is 9.52. The van der Waals surface area contributed by atoms with Crippen molar-refractivity contribution in [3.8, 4) is 5.75 Å². The molecular weight excluding hydrogens is 532 g/mol. The van der Waals surface area contributed by atoms with Gasteiger partial charge in [0.2, 0.25) is 0 Å². The quantitative estimate of drug-likeness (QED) is 0.299. The molecule has 40 heavy (non-hydrogen) atoms. The van der Waals surface area contributed by atoms with Gasteiger partial charge in [0.1, 0.15) is 12.3 Å². The topological polar surface area (TPSA) is 118 Å². The molecule has 4 rings (SSSR count). The van der Waals surface area contributed by atoms with Crippen LogP contribution in [0, 0.1) is 13.8 Å². The summed E-state index contributed by atoms with van der Waals surface area (Å²) in [6, 6.07) is 20.3. The Morgan fingerprint density at radius 2 is 1.70 bits per heavy atom. The molecule has 11 heteroatoms. The minimum atomic E-state index is -4.01. The van der Waals surface area contributed by atoms with Gasteiger partial charge >= 0.3 is 0 Å². The van der Waals surface area contributed by atoms with Gasteiger partial charge in [0.15, 0.2) is 6.61 Å². The van der Waals surface area contributed by atoms with Gasteiger partial charge in [0, 0.05) is 13.1 Å². The van der Waals surface area contributed by atoms with Crippen LogP contribution in [0.25, 0.3) is 0 Å². The van der Waals surface area contributed by atoms with Crippen LogP contribution >= 0.6 is 0 Å². The Bertz CT molecular complexity index is 1450. The first-order valence-electron chi connectivity index (χ1n) is 12.8. The summed E-state index contributed by atoms with van der Waals surface area (Å²) >= 11 is 0. The number of hydrazone groups is 1. The van der Waals surface area contributed by atoms with Gasteiger partial charge in [-0.15, -0.1) is 0 Å². The number of ether oxygens (including phenoxy) is 2. The van der Waals surface area contributed by atoms with Crippen LogP contribution in [-0.2, 0) is 24.3 Å². The van der Waals surface area contributed by atoms with Crippen molar-refractivity contribution < 1.29 is 27.5 Å². The maximum Gasteiger partial charge on any atom is 0.264 e. The highest BCUT2D eigenvalue weighted by Crippen LogP contribution is 2.24. The zero-order valence-electron chi connectivity index (χ0n) is 22.4. The molecule has 10 nitrogen and oxygen atoms in total. The highest BCUT2D eigenvalue weighted by molar-refractivity contribution is 7.92. The number of carbonyl (C=O) groups excluding carboxylic acids is 2. The van der Waals surface area contributed by atoms with Gasteiger partial charge in [-0.05, 0) is 73.5 Å². The van der Waals surface area contributed by atoms with E-state index in [0.29, 0.717) is 43.3 Å². The molecule has 0 aromatic heterocycles. The molecule has 3 aromatic rings. The molecule has 0 bridgehead atoms. The Balaban J connectivity index is 1.37. The molecule has 0 spiro atoms. The molecule has 1 heterocycles. The number of hydrogen-bond acceptors (Lipinski definition) is 7. The molecular formula is C29H32N4O6S. The smallest absolute Gasteiger partial charge is 0.264 e. The molecule has 0 unspecified atom stereocenters. The number of hydrogen-bond donors (Lipinski definition) is 1. The summed E-state index contributed by atoms with van der Waals surface area (Å²) in [6.45, 7) is 5.38. The molecule has 2 amide bonds. The van der Waals surface area contributed by atoms with Crippen LogP contribution in [0.1, 0.15) is 16.7 Å². The number of anilines is 1. The Labute approximate surface area is 234 Å². The van der Waals surface area contributed by atoms with Crippen LogP contribution in [0.5, 0.6) is 5.75 Å². The van der Waals surface area contributed by atoms with Gasteiger partial charge in [-0.3, -0.25) is 13.9 Å². The van der Waals surface area contributed by atoms with Gasteiger partial charge < -0.3 is 14.4 Å². The molecule has 1 N–H and O–H groups in total. The summed E-state index contributed by atoms with van der Waals surface area (Å²) in [5.41, 5.74) is 5.24. The van der Waals surface area contributed by atoms with E-state index < -0.39 is 22.5 Å². The van der Waals surface area contributed by atoms with E-state index in [1.54, 1.807) is 59.5 Å². The SMILES string of the molecule is Cc1ccc(S(=O)(=O)N(CC(=O)N/N=C\c2ccc(OCC(=O)N3CCOCC3)cc2)c2cccc(C)c2)cc1. The average molecular weight is 565 g/mol. The zero-order valence-corrected chi connectivity index (χ0v) is 23.3. The van der Waals surface area contributed by atoms with E-state index in [2.05, 4.69) is 10.5 Å². The predicted molar refractivity (Wildman–Crippen MR) is 152 cm³/mol. The minimum absolute atomic E-state index is 0.0631. The highest BCUT2D eigenvalue weighted by atomic mass is 32.2. The third-order valence-electron chi connectivity index (χ3n) is 6.19. The fraction of sp³-hybridized carbons (Fsp3) is 0.276.